The second-order valence-electron chi connectivity index (χ2n) is 3.95. The smallest absolute Gasteiger partial charge is 0.0548 e. The van der Waals surface area contributed by atoms with E-state index in [1.54, 1.807) is 0 Å². The van der Waals surface area contributed by atoms with E-state index in [9.17, 15) is 0 Å². The fourth-order valence-electron chi connectivity index (χ4n) is 1.66. The third-order valence-electron chi connectivity index (χ3n) is 2.81. The van der Waals surface area contributed by atoms with Crippen LogP contribution in [-0.2, 0) is 6.54 Å². The van der Waals surface area contributed by atoms with Crippen LogP contribution < -0.4 is 5.32 Å². The van der Waals surface area contributed by atoms with Crippen LogP contribution in [0.3, 0.4) is 0 Å². The fraction of sp³-hybridized carbons (Fsp3) is 0.538. The van der Waals surface area contributed by atoms with Crippen LogP contribution in [0.1, 0.15) is 19.4 Å². The number of likely N-dealkylation sites (N-methyl/N-ethyl adjacent to an activating group) is 1. The second-order valence-corrected chi connectivity index (χ2v) is 5.21. The highest BCUT2D eigenvalue weighted by Gasteiger charge is 2.00. The molecule has 0 aliphatic rings. The van der Waals surface area contributed by atoms with Gasteiger partial charge in [0.2, 0.25) is 0 Å². The maximum atomic E-state index is 5.95. The average Bonchev–Trinajstić information content (AvgIpc) is 2.34. The lowest BCUT2D eigenvalue weighted by atomic mass is 10.2. The number of benzene rings is 1. The molecular formula is C13H20BrClN2. The first-order chi connectivity index (χ1) is 8.17. The van der Waals surface area contributed by atoms with Crippen LogP contribution in [0.25, 0.3) is 0 Å². The number of nitrogens with one attached hydrogen (secondary N) is 1. The molecule has 0 amide bonds. The van der Waals surface area contributed by atoms with E-state index in [0.717, 1.165) is 42.2 Å². The molecule has 0 atom stereocenters. The number of rotatable bonds is 7. The minimum absolute atomic E-state index is 0.761. The number of halogens is 2. The normalized spacial score (nSPS) is 11.1. The molecule has 1 aromatic carbocycles. The predicted octanol–water partition coefficient (Wildman–Crippen LogP) is 3.53. The highest BCUT2D eigenvalue weighted by molar-refractivity contribution is 9.10. The van der Waals surface area contributed by atoms with Gasteiger partial charge >= 0.3 is 0 Å². The van der Waals surface area contributed by atoms with Crippen LogP contribution in [0, 0.1) is 0 Å². The standard InChI is InChI=1S/C13H20BrClN2/c1-3-17(4-2)8-7-16-10-11-5-6-13(15)12(14)9-11/h5-6,9,16H,3-4,7-8,10H2,1-2H3. The molecule has 4 heteroatoms. The molecule has 0 bridgehead atoms. The van der Waals surface area contributed by atoms with Crippen molar-refractivity contribution in [1.29, 1.82) is 0 Å². The van der Waals surface area contributed by atoms with Gasteiger partial charge in [0.25, 0.3) is 0 Å². The summed E-state index contributed by atoms with van der Waals surface area (Å²) in [6.07, 6.45) is 0. The summed E-state index contributed by atoms with van der Waals surface area (Å²) in [6.45, 7) is 9.62. The fourth-order valence-corrected chi connectivity index (χ4v) is 2.20. The third kappa shape index (κ3) is 5.38. The van der Waals surface area contributed by atoms with E-state index in [-0.39, 0.29) is 0 Å². The summed E-state index contributed by atoms with van der Waals surface area (Å²) in [6, 6.07) is 6.04. The molecule has 0 unspecified atom stereocenters. The maximum absolute atomic E-state index is 5.95. The Kier molecular flexibility index (Phi) is 7.12. The van der Waals surface area contributed by atoms with Gasteiger partial charge in [-0.2, -0.15) is 0 Å². The topological polar surface area (TPSA) is 15.3 Å². The zero-order valence-electron chi connectivity index (χ0n) is 10.5. The first-order valence-corrected chi connectivity index (χ1v) is 7.21. The molecule has 0 aromatic heterocycles. The Balaban J connectivity index is 2.28. The van der Waals surface area contributed by atoms with Crippen LogP contribution in [-0.4, -0.2) is 31.1 Å². The molecule has 17 heavy (non-hydrogen) atoms. The molecule has 0 saturated carbocycles. The Morgan fingerprint density at radius 1 is 1.29 bits per heavy atom. The third-order valence-corrected chi connectivity index (χ3v) is 4.03. The van der Waals surface area contributed by atoms with Crippen molar-refractivity contribution in [2.45, 2.75) is 20.4 Å². The Bertz CT molecular complexity index is 340. The van der Waals surface area contributed by atoms with Crippen LogP contribution in [0.5, 0.6) is 0 Å². The molecule has 1 aromatic rings. The first-order valence-electron chi connectivity index (χ1n) is 6.04. The van der Waals surface area contributed by atoms with Crippen molar-refractivity contribution in [2.24, 2.45) is 0 Å². The van der Waals surface area contributed by atoms with Gasteiger partial charge in [0, 0.05) is 24.1 Å². The lowest BCUT2D eigenvalue weighted by Crippen LogP contribution is -2.31. The molecule has 0 fully saturated rings. The van der Waals surface area contributed by atoms with E-state index in [1.807, 2.05) is 6.07 Å². The maximum Gasteiger partial charge on any atom is 0.0548 e. The zero-order chi connectivity index (χ0) is 12.7. The van der Waals surface area contributed by atoms with Gasteiger partial charge in [0.05, 0.1) is 5.02 Å². The molecule has 1 N–H and O–H groups in total. The lowest BCUT2D eigenvalue weighted by Gasteiger charge is -2.18. The van der Waals surface area contributed by atoms with Crippen LogP contribution in [0.2, 0.25) is 5.02 Å². The summed E-state index contributed by atoms with van der Waals surface area (Å²) in [4.78, 5) is 2.41. The van der Waals surface area contributed by atoms with Crippen molar-refractivity contribution in [3.63, 3.8) is 0 Å². The van der Waals surface area contributed by atoms with Crippen LogP contribution in [0.15, 0.2) is 22.7 Å². The van der Waals surface area contributed by atoms with Gasteiger partial charge in [-0.25, -0.2) is 0 Å². The Morgan fingerprint density at radius 2 is 2.00 bits per heavy atom. The van der Waals surface area contributed by atoms with Crippen molar-refractivity contribution in [1.82, 2.24) is 10.2 Å². The summed E-state index contributed by atoms with van der Waals surface area (Å²) in [5, 5.41) is 4.20. The Morgan fingerprint density at radius 3 is 2.59 bits per heavy atom. The molecule has 0 aliphatic heterocycles. The SMILES string of the molecule is CCN(CC)CCNCc1ccc(Cl)c(Br)c1. The van der Waals surface area contributed by atoms with Crippen molar-refractivity contribution in [2.75, 3.05) is 26.2 Å². The lowest BCUT2D eigenvalue weighted by molar-refractivity contribution is 0.302. The summed E-state index contributed by atoms with van der Waals surface area (Å²) in [5.74, 6) is 0. The zero-order valence-corrected chi connectivity index (χ0v) is 12.8. The molecule has 0 heterocycles. The molecule has 96 valence electrons. The van der Waals surface area contributed by atoms with Crippen molar-refractivity contribution in [3.8, 4) is 0 Å². The van der Waals surface area contributed by atoms with E-state index < -0.39 is 0 Å². The Labute approximate surface area is 117 Å². The highest BCUT2D eigenvalue weighted by Crippen LogP contribution is 2.22. The van der Waals surface area contributed by atoms with E-state index >= 15 is 0 Å². The van der Waals surface area contributed by atoms with Gasteiger partial charge in [-0.05, 0) is 46.7 Å². The van der Waals surface area contributed by atoms with Crippen LogP contribution >= 0.6 is 27.5 Å². The molecular weight excluding hydrogens is 300 g/mol. The Hall–Kier alpha value is -0.0900. The van der Waals surface area contributed by atoms with Gasteiger partial charge in [-0.1, -0.05) is 31.5 Å². The summed E-state index contributed by atoms with van der Waals surface area (Å²) in [7, 11) is 0. The first kappa shape index (κ1) is 15.0. The molecule has 0 saturated heterocycles. The second kappa shape index (κ2) is 8.09. The van der Waals surface area contributed by atoms with E-state index in [2.05, 4.69) is 52.1 Å². The molecule has 1 rings (SSSR count). The molecule has 2 nitrogen and oxygen atoms in total. The van der Waals surface area contributed by atoms with Gasteiger partial charge in [-0.15, -0.1) is 0 Å². The van der Waals surface area contributed by atoms with Gasteiger partial charge < -0.3 is 10.2 Å². The average molecular weight is 320 g/mol. The van der Waals surface area contributed by atoms with Gasteiger partial charge in [0.15, 0.2) is 0 Å². The largest absolute Gasteiger partial charge is 0.311 e. The summed E-state index contributed by atoms with van der Waals surface area (Å²) < 4.78 is 0.960. The monoisotopic (exact) mass is 318 g/mol. The quantitative estimate of drug-likeness (QED) is 0.773. The number of hydrogen-bond donors (Lipinski definition) is 1. The summed E-state index contributed by atoms with van der Waals surface area (Å²) >= 11 is 9.38. The van der Waals surface area contributed by atoms with Crippen molar-refractivity contribution in [3.05, 3.63) is 33.3 Å². The number of hydrogen-bond acceptors (Lipinski definition) is 2. The molecule has 0 aliphatic carbocycles. The van der Waals surface area contributed by atoms with E-state index in [0.29, 0.717) is 0 Å². The van der Waals surface area contributed by atoms with E-state index in [4.69, 9.17) is 11.6 Å². The number of nitrogens with zero attached hydrogens (tertiary/aromatic N) is 1. The molecule has 0 radical (unpaired) electrons. The van der Waals surface area contributed by atoms with E-state index in [1.165, 1.54) is 5.56 Å². The highest BCUT2D eigenvalue weighted by atomic mass is 79.9. The summed E-state index contributed by atoms with van der Waals surface area (Å²) in [5.41, 5.74) is 1.25. The van der Waals surface area contributed by atoms with Gasteiger partial charge in [0.1, 0.15) is 0 Å². The van der Waals surface area contributed by atoms with Crippen LogP contribution in [0.4, 0.5) is 0 Å². The minimum Gasteiger partial charge on any atom is -0.311 e. The minimum atomic E-state index is 0.761. The molecule has 0 spiro atoms. The van der Waals surface area contributed by atoms with Crippen molar-refractivity contribution < 1.29 is 0 Å². The predicted molar refractivity (Wildman–Crippen MR) is 78.6 cm³/mol. The van der Waals surface area contributed by atoms with Gasteiger partial charge in [-0.3, -0.25) is 0 Å². The van der Waals surface area contributed by atoms with Crippen molar-refractivity contribution >= 4 is 27.5 Å².